The second-order valence-corrected chi connectivity index (χ2v) is 9.46. The van der Waals surface area contributed by atoms with Crippen LogP contribution in [0.3, 0.4) is 0 Å². The zero-order valence-corrected chi connectivity index (χ0v) is 19.3. The molecule has 0 atom stereocenters. The molecule has 0 unspecified atom stereocenters. The summed E-state index contributed by atoms with van der Waals surface area (Å²) in [7, 11) is 0. The summed E-state index contributed by atoms with van der Waals surface area (Å²) in [6, 6.07) is 8.06. The fraction of sp³-hybridized carbons (Fsp3) is 0.538. The van der Waals surface area contributed by atoms with Crippen molar-refractivity contribution in [1.82, 2.24) is 19.8 Å². The standard InChI is InChI=1S/C26H34FN5O/c27-22-8-2-1-7-21(22)19-32-24-10-4-3-9-23(24)29-26(32)31-16-11-20(12-17-31)25(33)28-13-18-30-14-5-6-15-30/h1,3-4,7,9-10,20H,2,5-6,8,11-19H2,(H,28,33). The monoisotopic (exact) mass is 451 g/mol. The Bertz CT molecular complexity index is 1040. The molecule has 1 aromatic heterocycles. The number of imidazole rings is 1. The summed E-state index contributed by atoms with van der Waals surface area (Å²) in [6.07, 6.45) is 9.38. The Labute approximate surface area is 195 Å². The fourth-order valence-corrected chi connectivity index (χ4v) is 5.29. The maximum Gasteiger partial charge on any atom is 0.223 e. The van der Waals surface area contributed by atoms with E-state index in [1.54, 1.807) is 0 Å². The van der Waals surface area contributed by atoms with Crippen molar-refractivity contribution >= 4 is 22.9 Å². The Morgan fingerprint density at radius 2 is 1.91 bits per heavy atom. The van der Waals surface area contributed by atoms with Gasteiger partial charge >= 0.3 is 0 Å². The molecule has 0 bridgehead atoms. The number of halogens is 1. The summed E-state index contributed by atoms with van der Waals surface area (Å²) < 4.78 is 16.6. The maximum absolute atomic E-state index is 14.5. The molecule has 1 N–H and O–H groups in total. The SMILES string of the molecule is O=C(NCCN1CCCC1)C1CCN(c2nc3ccccc3n2CC2=C(F)CCC=C2)CC1. The molecular weight excluding hydrogens is 417 g/mol. The van der Waals surface area contributed by atoms with Gasteiger partial charge in [-0.25, -0.2) is 9.37 Å². The summed E-state index contributed by atoms with van der Waals surface area (Å²) in [4.78, 5) is 22.3. The van der Waals surface area contributed by atoms with Crippen molar-refractivity contribution in [2.75, 3.05) is 44.2 Å². The number of nitrogens with one attached hydrogen (secondary N) is 1. The van der Waals surface area contributed by atoms with Crippen LogP contribution in [0.5, 0.6) is 0 Å². The molecule has 5 rings (SSSR count). The van der Waals surface area contributed by atoms with Gasteiger partial charge < -0.3 is 19.7 Å². The molecule has 3 heterocycles. The first-order valence-corrected chi connectivity index (χ1v) is 12.4. The molecule has 0 radical (unpaired) electrons. The average molecular weight is 452 g/mol. The molecule has 6 nitrogen and oxygen atoms in total. The van der Waals surface area contributed by atoms with Gasteiger partial charge in [-0.3, -0.25) is 4.79 Å². The van der Waals surface area contributed by atoms with Gasteiger partial charge in [0.15, 0.2) is 0 Å². The predicted molar refractivity (Wildman–Crippen MR) is 130 cm³/mol. The Kier molecular flexibility index (Phi) is 6.76. The summed E-state index contributed by atoms with van der Waals surface area (Å²) in [6.45, 7) is 6.06. The normalized spacial score (nSPS) is 20.2. The molecule has 1 aromatic carbocycles. The topological polar surface area (TPSA) is 53.4 Å². The number of carbonyl (C=O) groups excluding carboxylic acids is 1. The minimum absolute atomic E-state index is 0.0226. The van der Waals surface area contributed by atoms with Crippen LogP contribution in [-0.4, -0.2) is 59.6 Å². The van der Waals surface area contributed by atoms with E-state index >= 15 is 0 Å². The number of carbonyl (C=O) groups is 1. The number of nitrogens with zero attached hydrogens (tertiary/aromatic N) is 4. The molecule has 0 spiro atoms. The molecule has 1 amide bonds. The quantitative estimate of drug-likeness (QED) is 0.690. The summed E-state index contributed by atoms with van der Waals surface area (Å²) >= 11 is 0. The van der Waals surface area contributed by atoms with E-state index in [4.69, 9.17) is 4.98 Å². The van der Waals surface area contributed by atoms with Crippen molar-refractivity contribution in [3.63, 3.8) is 0 Å². The number of aromatic nitrogens is 2. The number of likely N-dealkylation sites (tertiary alicyclic amines) is 1. The van der Waals surface area contributed by atoms with Crippen molar-refractivity contribution in [2.45, 2.75) is 45.1 Å². The number of benzene rings is 1. The lowest BCUT2D eigenvalue weighted by atomic mass is 9.96. The molecule has 7 heteroatoms. The maximum atomic E-state index is 14.5. The zero-order chi connectivity index (χ0) is 22.6. The van der Waals surface area contributed by atoms with Crippen LogP contribution >= 0.6 is 0 Å². The van der Waals surface area contributed by atoms with E-state index in [0.717, 1.165) is 81.1 Å². The first-order chi connectivity index (χ1) is 16.2. The third kappa shape index (κ3) is 4.98. The smallest absolute Gasteiger partial charge is 0.223 e. The summed E-state index contributed by atoms with van der Waals surface area (Å²) in [5, 5.41) is 3.15. The van der Waals surface area contributed by atoms with Crippen molar-refractivity contribution in [3.05, 3.63) is 47.8 Å². The van der Waals surface area contributed by atoms with Gasteiger partial charge in [-0.1, -0.05) is 24.3 Å². The molecule has 176 valence electrons. The van der Waals surface area contributed by atoms with Crippen molar-refractivity contribution in [3.8, 4) is 0 Å². The molecule has 0 saturated carbocycles. The number of fused-ring (bicyclic) bond motifs is 1. The van der Waals surface area contributed by atoms with Gasteiger partial charge in [0.25, 0.3) is 0 Å². The first kappa shape index (κ1) is 22.1. The fourth-order valence-electron chi connectivity index (χ4n) is 5.29. The number of anilines is 1. The number of piperidine rings is 1. The Hall–Kier alpha value is -2.67. The lowest BCUT2D eigenvalue weighted by Crippen LogP contribution is -2.43. The molecular formula is C26H34FN5O. The Morgan fingerprint density at radius 1 is 1.12 bits per heavy atom. The van der Waals surface area contributed by atoms with Crippen LogP contribution in [0.4, 0.5) is 10.3 Å². The van der Waals surface area contributed by atoms with Crippen LogP contribution < -0.4 is 10.2 Å². The molecule has 3 aliphatic rings. The molecule has 33 heavy (non-hydrogen) atoms. The predicted octanol–water partition coefficient (Wildman–Crippen LogP) is 4.04. The van der Waals surface area contributed by atoms with Crippen molar-refractivity contribution in [2.24, 2.45) is 5.92 Å². The van der Waals surface area contributed by atoms with E-state index in [2.05, 4.69) is 25.8 Å². The largest absolute Gasteiger partial charge is 0.355 e. The minimum atomic E-state index is -0.0226. The Balaban J connectivity index is 1.24. The van der Waals surface area contributed by atoms with E-state index < -0.39 is 0 Å². The first-order valence-electron chi connectivity index (χ1n) is 12.4. The number of hydrogen-bond acceptors (Lipinski definition) is 4. The van der Waals surface area contributed by atoms with Crippen LogP contribution in [0, 0.1) is 5.92 Å². The Morgan fingerprint density at radius 3 is 2.70 bits per heavy atom. The van der Waals surface area contributed by atoms with Gasteiger partial charge in [0.2, 0.25) is 11.9 Å². The lowest BCUT2D eigenvalue weighted by molar-refractivity contribution is -0.125. The number of para-hydroxylation sites is 2. The van der Waals surface area contributed by atoms with E-state index in [0.29, 0.717) is 13.0 Å². The molecule has 2 saturated heterocycles. The number of hydrogen-bond donors (Lipinski definition) is 1. The highest BCUT2D eigenvalue weighted by molar-refractivity contribution is 5.80. The highest BCUT2D eigenvalue weighted by Crippen LogP contribution is 2.30. The number of allylic oxidation sites excluding steroid dienone is 4. The van der Waals surface area contributed by atoms with Crippen molar-refractivity contribution < 1.29 is 9.18 Å². The average Bonchev–Trinajstić information content (AvgIpc) is 3.49. The van der Waals surface area contributed by atoms with Crippen LogP contribution in [0.2, 0.25) is 0 Å². The van der Waals surface area contributed by atoms with Crippen LogP contribution in [0.15, 0.2) is 47.8 Å². The van der Waals surface area contributed by atoms with E-state index in [1.807, 2.05) is 30.4 Å². The molecule has 1 aliphatic carbocycles. The molecule has 2 fully saturated rings. The van der Waals surface area contributed by atoms with Gasteiger partial charge in [0, 0.05) is 44.1 Å². The van der Waals surface area contributed by atoms with Gasteiger partial charge in [-0.15, -0.1) is 0 Å². The van der Waals surface area contributed by atoms with Gasteiger partial charge in [-0.2, -0.15) is 0 Å². The van der Waals surface area contributed by atoms with Gasteiger partial charge in [0.05, 0.1) is 17.6 Å². The summed E-state index contributed by atoms with van der Waals surface area (Å²) in [5.41, 5.74) is 2.68. The third-order valence-corrected chi connectivity index (χ3v) is 7.24. The van der Waals surface area contributed by atoms with Crippen LogP contribution in [-0.2, 0) is 11.3 Å². The zero-order valence-electron chi connectivity index (χ0n) is 19.3. The lowest BCUT2D eigenvalue weighted by Gasteiger charge is -2.32. The van der Waals surface area contributed by atoms with Gasteiger partial charge in [-0.05, 0) is 57.3 Å². The number of amides is 1. The van der Waals surface area contributed by atoms with Crippen LogP contribution in [0.1, 0.15) is 38.5 Å². The second kappa shape index (κ2) is 10.1. The molecule has 2 aliphatic heterocycles. The van der Waals surface area contributed by atoms with E-state index in [-0.39, 0.29) is 17.7 Å². The van der Waals surface area contributed by atoms with Crippen LogP contribution in [0.25, 0.3) is 11.0 Å². The second-order valence-electron chi connectivity index (χ2n) is 9.46. The molecule has 2 aromatic rings. The minimum Gasteiger partial charge on any atom is -0.355 e. The summed E-state index contributed by atoms with van der Waals surface area (Å²) in [5.74, 6) is 1.09. The van der Waals surface area contributed by atoms with Crippen molar-refractivity contribution in [1.29, 1.82) is 0 Å². The van der Waals surface area contributed by atoms with E-state index in [9.17, 15) is 9.18 Å². The highest BCUT2D eigenvalue weighted by Gasteiger charge is 2.28. The third-order valence-electron chi connectivity index (χ3n) is 7.24. The van der Waals surface area contributed by atoms with Gasteiger partial charge in [0.1, 0.15) is 5.83 Å². The number of rotatable bonds is 7. The highest BCUT2D eigenvalue weighted by atomic mass is 19.1. The van der Waals surface area contributed by atoms with E-state index in [1.165, 1.54) is 12.8 Å².